The molecule has 40 heavy (non-hydrogen) atoms. The number of rotatable bonds is 12. The highest BCUT2D eigenvalue weighted by molar-refractivity contribution is 7.89. The number of carboxylic acid groups (broad SMARTS) is 2. The van der Waals surface area contributed by atoms with E-state index in [1.165, 1.54) is 24.3 Å². The number of alkyl halides is 3. The summed E-state index contributed by atoms with van der Waals surface area (Å²) in [6.07, 6.45) is -0.170. The van der Waals surface area contributed by atoms with Crippen LogP contribution < -0.4 is 4.72 Å². The minimum Gasteiger partial charge on any atom is -0.478 e. The fraction of sp³-hybridized carbons (Fsp3) is 0.308. The summed E-state index contributed by atoms with van der Waals surface area (Å²) in [5.74, 6) is -3.26. The van der Waals surface area contributed by atoms with Crippen LogP contribution in [0.2, 0.25) is 0 Å². The van der Waals surface area contributed by atoms with Crippen molar-refractivity contribution in [1.29, 1.82) is 0 Å². The van der Waals surface area contributed by atoms with E-state index in [-0.39, 0.29) is 16.2 Å². The molecular formula is C26H28F3N3O7S. The average Bonchev–Trinajstić information content (AvgIpc) is 3.38. The number of hydrogen-bond donors (Lipinski definition) is 4. The normalized spacial score (nSPS) is 12.2. The molecule has 0 unspecified atom stereocenters. The SMILES string of the molecule is CC(=O)CCCCC[C@H](NS(=O)(=O)c1ccc(C(=O)O)cc1)c1ncc(-c2ccccc2)[nH]1.O=C(O)C(F)(F)F. The smallest absolute Gasteiger partial charge is 0.478 e. The maximum atomic E-state index is 13.0. The van der Waals surface area contributed by atoms with Gasteiger partial charge in [0.1, 0.15) is 11.6 Å². The fourth-order valence-electron chi connectivity index (χ4n) is 3.46. The first-order chi connectivity index (χ1) is 18.7. The highest BCUT2D eigenvalue weighted by Crippen LogP contribution is 2.25. The maximum Gasteiger partial charge on any atom is 0.490 e. The number of unbranched alkanes of at least 4 members (excludes halogenated alkanes) is 2. The lowest BCUT2D eigenvalue weighted by Crippen LogP contribution is -2.29. The first kappa shape index (κ1) is 32.2. The summed E-state index contributed by atoms with van der Waals surface area (Å²) >= 11 is 0. The van der Waals surface area contributed by atoms with Gasteiger partial charge in [0.15, 0.2) is 0 Å². The number of aromatic amines is 1. The van der Waals surface area contributed by atoms with Crippen molar-refractivity contribution in [3.8, 4) is 11.3 Å². The minimum absolute atomic E-state index is 0.00880. The Morgan fingerprint density at radius 2 is 1.57 bits per heavy atom. The van der Waals surface area contributed by atoms with Gasteiger partial charge in [-0.15, -0.1) is 0 Å². The number of Topliss-reactive ketones (excluding diaryl/α,β-unsaturated/α-hetero) is 1. The number of aliphatic carboxylic acids is 1. The quantitative estimate of drug-likeness (QED) is 0.217. The van der Waals surface area contributed by atoms with E-state index in [0.29, 0.717) is 25.1 Å². The zero-order valence-corrected chi connectivity index (χ0v) is 22.1. The molecular weight excluding hydrogens is 555 g/mol. The molecule has 0 aliphatic carbocycles. The van der Waals surface area contributed by atoms with Crippen molar-refractivity contribution in [3.63, 3.8) is 0 Å². The fourth-order valence-corrected chi connectivity index (χ4v) is 4.70. The van der Waals surface area contributed by atoms with E-state index < -0.39 is 34.2 Å². The summed E-state index contributed by atoms with van der Waals surface area (Å²) in [6.45, 7) is 1.56. The number of H-pyrrole nitrogens is 1. The van der Waals surface area contributed by atoms with Crippen LogP contribution in [0.15, 0.2) is 65.7 Å². The summed E-state index contributed by atoms with van der Waals surface area (Å²) in [5.41, 5.74) is 1.72. The average molecular weight is 584 g/mol. The molecule has 0 saturated carbocycles. The molecule has 2 aromatic carbocycles. The Balaban J connectivity index is 0.000000708. The predicted octanol–water partition coefficient (Wildman–Crippen LogP) is 4.97. The second-order valence-corrected chi connectivity index (χ2v) is 10.4. The number of carbonyl (C=O) groups is 3. The zero-order chi connectivity index (χ0) is 29.9. The molecule has 0 aliphatic rings. The molecule has 0 spiro atoms. The summed E-state index contributed by atoms with van der Waals surface area (Å²) in [4.78, 5) is 38.7. The van der Waals surface area contributed by atoms with Crippen molar-refractivity contribution in [2.75, 3.05) is 0 Å². The molecule has 1 heterocycles. The second kappa shape index (κ2) is 14.4. The van der Waals surface area contributed by atoms with Crippen molar-refractivity contribution >= 4 is 27.7 Å². The van der Waals surface area contributed by atoms with E-state index in [1.54, 1.807) is 13.1 Å². The molecule has 0 aliphatic heterocycles. The first-order valence-electron chi connectivity index (χ1n) is 12.0. The van der Waals surface area contributed by atoms with Crippen LogP contribution in [0.4, 0.5) is 13.2 Å². The number of benzene rings is 2. The van der Waals surface area contributed by atoms with Gasteiger partial charge in [-0.2, -0.15) is 13.2 Å². The first-order valence-corrected chi connectivity index (χ1v) is 13.4. The number of ketones is 1. The number of hydrogen-bond acceptors (Lipinski definition) is 6. The number of aromatic carboxylic acids is 1. The van der Waals surface area contributed by atoms with E-state index in [0.717, 1.165) is 24.1 Å². The van der Waals surface area contributed by atoms with Crippen LogP contribution >= 0.6 is 0 Å². The van der Waals surface area contributed by atoms with Gasteiger partial charge in [0.2, 0.25) is 10.0 Å². The standard InChI is InChI=1S/C24H27N3O5S.C2HF3O2/c1-17(28)8-4-2-7-11-21(23-25-16-22(26-23)18-9-5-3-6-10-18)27-33(31,32)20-14-12-19(13-15-20)24(29)30;3-2(4,5)1(6)7/h3,5-6,9-10,12-16,21,27H,2,4,7-8,11H2,1H3,(H,25,26)(H,29,30);(H,6,7)/t21-;/m0./s1. The third-order valence-corrected chi connectivity index (χ3v) is 6.97. The Hall–Kier alpha value is -4.04. The lowest BCUT2D eigenvalue weighted by Gasteiger charge is -2.17. The van der Waals surface area contributed by atoms with Gasteiger partial charge in [-0.25, -0.2) is 27.7 Å². The maximum absolute atomic E-state index is 13.0. The zero-order valence-electron chi connectivity index (χ0n) is 21.3. The molecule has 3 rings (SSSR count). The molecule has 0 radical (unpaired) electrons. The number of halogens is 3. The molecule has 1 atom stereocenters. The van der Waals surface area contributed by atoms with Crippen LogP contribution in [0.3, 0.4) is 0 Å². The summed E-state index contributed by atoms with van der Waals surface area (Å²) in [6, 6.07) is 14.0. The molecule has 14 heteroatoms. The molecule has 0 saturated heterocycles. The van der Waals surface area contributed by atoms with Crippen LogP contribution in [0, 0.1) is 0 Å². The number of imidazole rings is 1. The highest BCUT2D eigenvalue weighted by atomic mass is 32.2. The van der Waals surface area contributed by atoms with Crippen molar-refractivity contribution in [2.24, 2.45) is 0 Å². The van der Waals surface area contributed by atoms with E-state index in [4.69, 9.17) is 15.0 Å². The topological polar surface area (TPSA) is 167 Å². The molecule has 0 fully saturated rings. The number of carboxylic acids is 2. The van der Waals surface area contributed by atoms with Crippen LogP contribution in [0.1, 0.15) is 61.3 Å². The van der Waals surface area contributed by atoms with Gasteiger partial charge in [-0.3, -0.25) is 0 Å². The van der Waals surface area contributed by atoms with Crippen LogP contribution in [0.25, 0.3) is 11.3 Å². The van der Waals surface area contributed by atoms with E-state index >= 15 is 0 Å². The van der Waals surface area contributed by atoms with Gasteiger partial charge in [-0.05, 0) is 49.6 Å². The van der Waals surface area contributed by atoms with Gasteiger partial charge in [-0.1, -0.05) is 43.2 Å². The van der Waals surface area contributed by atoms with Crippen molar-refractivity contribution in [1.82, 2.24) is 14.7 Å². The van der Waals surface area contributed by atoms with Crippen LogP contribution in [-0.2, 0) is 19.6 Å². The number of carbonyl (C=O) groups excluding carboxylic acids is 1. The van der Waals surface area contributed by atoms with Gasteiger partial charge < -0.3 is 20.0 Å². The largest absolute Gasteiger partial charge is 0.490 e. The third kappa shape index (κ3) is 10.3. The molecule has 4 N–H and O–H groups in total. The number of nitrogens with one attached hydrogen (secondary N) is 2. The van der Waals surface area contributed by atoms with E-state index in [1.807, 2.05) is 30.3 Å². The van der Waals surface area contributed by atoms with Crippen molar-refractivity contribution in [2.45, 2.75) is 56.1 Å². The second-order valence-electron chi connectivity index (χ2n) is 8.66. The Morgan fingerprint density at radius 3 is 2.10 bits per heavy atom. The molecule has 0 bridgehead atoms. The Labute approximate surface area is 228 Å². The number of nitrogens with zero attached hydrogens (tertiary/aromatic N) is 1. The van der Waals surface area contributed by atoms with Crippen LogP contribution in [-0.4, -0.2) is 52.5 Å². The third-order valence-electron chi connectivity index (χ3n) is 5.48. The van der Waals surface area contributed by atoms with Crippen molar-refractivity contribution in [3.05, 3.63) is 72.2 Å². The number of aromatic nitrogens is 2. The molecule has 216 valence electrons. The van der Waals surface area contributed by atoms with E-state index in [9.17, 15) is 31.2 Å². The van der Waals surface area contributed by atoms with Gasteiger partial charge in [0, 0.05) is 6.42 Å². The monoisotopic (exact) mass is 583 g/mol. The van der Waals surface area contributed by atoms with E-state index in [2.05, 4.69) is 14.7 Å². The summed E-state index contributed by atoms with van der Waals surface area (Å²) in [7, 11) is -3.92. The highest BCUT2D eigenvalue weighted by Gasteiger charge is 2.38. The van der Waals surface area contributed by atoms with Gasteiger partial charge in [0.05, 0.1) is 28.4 Å². The molecule has 10 nitrogen and oxygen atoms in total. The molecule has 0 amide bonds. The Kier molecular flexibility index (Phi) is 11.6. The molecule has 3 aromatic rings. The lowest BCUT2D eigenvalue weighted by atomic mass is 10.1. The number of sulfonamides is 1. The van der Waals surface area contributed by atoms with Crippen molar-refractivity contribution < 1.29 is 46.2 Å². The van der Waals surface area contributed by atoms with Gasteiger partial charge in [0.25, 0.3) is 0 Å². The Bertz CT molecular complexity index is 1390. The predicted molar refractivity (Wildman–Crippen MR) is 138 cm³/mol. The van der Waals surface area contributed by atoms with Crippen LogP contribution in [0.5, 0.6) is 0 Å². The Morgan fingerprint density at radius 1 is 0.975 bits per heavy atom. The van der Waals surface area contributed by atoms with Gasteiger partial charge >= 0.3 is 18.1 Å². The minimum atomic E-state index is -5.08. The lowest BCUT2D eigenvalue weighted by molar-refractivity contribution is -0.192. The molecule has 1 aromatic heterocycles. The summed E-state index contributed by atoms with van der Waals surface area (Å²) < 4.78 is 60.5. The summed E-state index contributed by atoms with van der Waals surface area (Å²) in [5, 5.41) is 16.2.